The van der Waals surface area contributed by atoms with E-state index in [1.54, 1.807) is 31.2 Å². The number of rotatable bonds is 6. The standard InChI is InChI=1S/C17H17FO3/c1-3-20-15-8-10-16(11-9-15)21-12(2)17(19)13-4-6-14(18)7-5-13/h4-12H,3H2,1-2H3. The molecule has 0 radical (unpaired) electrons. The minimum Gasteiger partial charge on any atom is -0.494 e. The van der Waals surface area contributed by atoms with Gasteiger partial charge < -0.3 is 9.47 Å². The van der Waals surface area contributed by atoms with E-state index in [2.05, 4.69) is 0 Å². The summed E-state index contributed by atoms with van der Waals surface area (Å²) >= 11 is 0. The number of ketones is 1. The average Bonchev–Trinajstić information content (AvgIpc) is 2.49. The zero-order chi connectivity index (χ0) is 15.2. The zero-order valence-corrected chi connectivity index (χ0v) is 12.0. The maximum absolute atomic E-state index is 12.8. The molecule has 110 valence electrons. The van der Waals surface area contributed by atoms with Crippen LogP contribution >= 0.6 is 0 Å². The smallest absolute Gasteiger partial charge is 0.202 e. The van der Waals surface area contributed by atoms with Gasteiger partial charge in [0, 0.05) is 5.56 Å². The van der Waals surface area contributed by atoms with Gasteiger partial charge >= 0.3 is 0 Å². The molecule has 0 heterocycles. The summed E-state index contributed by atoms with van der Waals surface area (Å²) in [5, 5.41) is 0. The van der Waals surface area contributed by atoms with Crippen molar-refractivity contribution in [1.29, 1.82) is 0 Å². The highest BCUT2D eigenvalue weighted by molar-refractivity contribution is 5.99. The van der Waals surface area contributed by atoms with Crippen LogP contribution in [-0.2, 0) is 0 Å². The Morgan fingerprint density at radius 3 is 2.19 bits per heavy atom. The first-order chi connectivity index (χ1) is 10.1. The average molecular weight is 288 g/mol. The predicted molar refractivity (Wildman–Crippen MR) is 78.4 cm³/mol. The van der Waals surface area contributed by atoms with Crippen LogP contribution in [0.3, 0.4) is 0 Å². The summed E-state index contributed by atoms with van der Waals surface area (Å²) in [6.07, 6.45) is -0.645. The first kappa shape index (κ1) is 15.0. The van der Waals surface area contributed by atoms with Gasteiger partial charge in [-0.2, -0.15) is 0 Å². The molecule has 0 N–H and O–H groups in total. The second kappa shape index (κ2) is 6.88. The van der Waals surface area contributed by atoms with Crippen molar-refractivity contribution in [1.82, 2.24) is 0 Å². The van der Waals surface area contributed by atoms with Gasteiger partial charge in [0.15, 0.2) is 6.10 Å². The number of benzene rings is 2. The third kappa shape index (κ3) is 4.05. The summed E-state index contributed by atoms with van der Waals surface area (Å²) in [5.41, 5.74) is 0.426. The normalized spacial score (nSPS) is 11.8. The Bertz CT molecular complexity index is 590. The molecule has 1 unspecified atom stereocenters. The van der Waals surface area contributed by atoms with E-state index in [9.17, 15) is 9.18 Å². The van der Waals surface area contributed by atoms with Crippen molar-refractivity contribution in [3.8, 4) is 11.5 Å². The SMILES string of the molecule is CCOc1ccc(OC(C)C(=O)c2ccc(F)cc2)cc1. The molecule has 0 saturated heterocycles. The molecular weight excluding hydrogens is 271 g/mol. The Labute approximate surface area is 123 Å². The summed E-state index contributed by atoms with van der Waals surface area (Å²) in [7, 11) is 0. The minimum absolute atomic E-state index is 0.191. The van der Waals surface area contributed by atoms with Crippen LogP contribution in [0, 0.1) is 5.82 Å². The maximum Gasteiger partial charge on any atom is 0.202 e. The molecule has 0 fully saturated rings. The molecule has 0 aromatic heterocycles. The summed E-state index contributed by atoms with van der Waals surface area (Å²) in [6, 6.07) is 12.5. The lowest BCUT2D eigenvalue weighted by atomic mass is 10.1. The molecule has 0 aliphatic carbocycles. The topological polar surface area (TPSA) is 35.5 Å². The highest BCUT2D eigenvalue weighted by Crippen LogP contribution is 2.19. The number of hydrogen-bond donors (Lipinski definition) is 0. The van der Waals surface area contributed by atoms with Crippen LogP contribution in [0.15, 0.2) is 48.5 Å². The Hall–Kier alpha value is -2.36. The van der Waals surface area contributed by atoms with E-state index in [0.29, 0.717) is 17.9 Å². The molecule has 0 bridgehead atoms. The van der Waals surface area contributed by atoms with Crippen LogP contribution in [0.25, 0.3) is 0 Å². The predicted octanol–water partition coefficient (Wildman–Crippen LogP) is 3.87. The fraction of sp³-hybridized carbons (Fsp3) is 0.235. The molecule has 4 heteroatoms. The maximum atomic E-state index is 12.8. The Balaban J connectivity index is 2.01. The van der Waals surface area contributed by atoms with E-state index in [-0.39, 0.29) is 11.6 Å². The summed E-state index contributed by atoms with van der Waals surface area (Å²) in [5.74, 6) is 0.777. The minimum atomic E-state index is -0.645. The molecule has 2 rings (SSSR count). The lowest BCUT2D eigenvalue weighted by Crippen LogP contribution is -2.23. The molecule has 21 heavy (non-hydrogen) atoms. The number of carbonyl (C=O) groups is 1. The fourth-order valence-electron chi connectivity index (χ4n) is 1.89. The van der Waals surface area contributed by atoms with Crippen molar-refractivity contribution in [2.24, 2.45) is 0 Å². The van der Waals surface area contributed by atoms with Crippen LogP contribution in [0.4, 0.5) is 4.39 Å². The molecule has 0 spiro atoms. The van der Waals surface area contributed by atoms with Crippen LogP contribution in [0.2, 0.25) is 0 Å². The molecule has 0 amide bonds. The van der Waals surface area contributed by atoms with Crippen molar-refractivity contribution in [3.63, 3.8) is 0 Å². The van der Waals surface area contributed by atoms with Gasteiger partial charge in [-0.3, -0.25) is 4.79 Å². The van der Waals surface area contributed by atoms with Gasteiger partial charge in [0.25, 0.3) is 0 Å². The van der Waals surface area contributed by atoms with Gasteiger partial charge in [-0.1, -0.05) is 0 Å². The summed E-state index contributed by atoms with van der Waals surface area (Å²) < 4.78 is 23.8. The number of carbonyl (C=O) groups excluding carboxylic acids is 1. The van der Waals surface area contributed by atoms with Crippen molar-refractivity contribution >= 4 is 5.78 Å². The Morgan fingerprint density at radius 1 is 1.05 bits per heavy atom. The van der Waals surface area contributed by atoms with Gasteiger partial charge in [0.05, 0.1) is 6.61 Å². The van der Waals surface area contributed by atoms with Crippen molar-refractivity contribution in [2.75, 3.05) is 6.61 Å². The first-order valence-electron chi connectivity index (χ1n) is 6.79. The number of ether oxygens (including phenoxy) is 2. The van der Waals surface area contributed by atoms with Gasteiger partial charge in [-0.25, -0.2) is 4.39 Å². The molecule has 0 aliphatic heterocycles. The molecule has 0 aliphatic rings. The Kier molecular flexibility index (Phi) is 4.93. The molecule has 0 saturated carbocycles. The lowest BCUT2D eigenvalue weighted by Gasteiger charge is -2.14. The summed E-state index contributed by atoms with van der Waals surface area (Å²) in [6.45, 7) is 4.18. The molecule has 1 atom stereocenters. The Morgan fingerprint density at radius 2 is 1.62 bits per heavy atom. The zero-order valence-electron chi connectivity index (χ0n) is 12.0. The number of halogens is 1. The van der Waals surface area contributed by atoms with Crippen molar-refractivity contribution in [2.45, 2.75) is 20.0 Å². The van der Waals surface area contributed by atoms with Crippen LogP contribution in [0.5, 0.6) is 11.5 Å². The molecule has 2 aromatic carbocycles. The van der Waals surface area contributed by atoms with Crippen molar-refractivity contribution < 1.29 is 18.7 Å². The third-order valence-electron chi connectivity index (χ3n) is 2.95. The van der Waals surface area contributed by atoms with E-state index in [4.69, 9.17) is 9.47 Å². The lowest BCUT2D eigenvalue weighted by molar-refractivity contribution is 0.0818. The van der Waals surface area contributed by atoms with Crippen LogP contribution in [-0.4, -0.2) is 18.5 Å². The largest absolute Gasteiger partial charge is 0.494 e. The quantitative estimate of drug-likeness (QED) is 0.757. The fourth-order valence-corrected chi connectivity index (χ4v) is 1.89. The van der Waals surface area contributed by atoms with Gasteiger partial charge in [-0.15, -0.1) is 0 Å². The van der Waals surface area contributed by atoms with Crippen LogP contribution < -0.4 is 9.47 Å². The third-order valence-corrected chi connectivity index (χ3v) is 2.95. The van der Waals surface area contributed by atoms with E-state index < -0.39 is 6.10 Å². The molecule has 3 nitrogen and oxygen atoms in total. The van der Waals surface area contributed by atoms with Crippen LogP contribution in [0.1, 0.15) is 24.2 Å². The molecular formula is C17H17FO3. The van der Waals surface area contributed by atoms with Gasteiger partial charge in [0.2, 0.25) is 5.78 Å². The van der Waals surface area contributed by atoms with E-state index in [1.165, 1.54) is 24.3 Å². The van der Waals surface area contributed by atoms with E-state index in [0.717, 1.165) is 5.75 Å². The van der Waals surface area contributed by atoms with E-state index in [1.807, 2.05) is 6.92 Å². The number of Topliss-reactive ketones (excluding diaryl/α,β-unsaturated/α-hetero) is 1. The van der Waals surface area contributed by atoms with Crippen molar-refractivity contribution in [3.05, 3.63) is 59.9 Å². The highest BCUT2D eigenvalue weighted by atomic mass is 19.1. The van der Waals surface area contributed by atoms with Gasteiger partial charge in [0.1, 0.15) is 17.3 Å². The van der Waals surface area contributed by atoms with E-state index >= 15 is 0 Å². The number of hydrogen-bond acceptors (Lipinski definition) is 3. The van der Waals surface area contributed by atoms with Gasteiger partial charge in [-0.05, 0) is 62.4 Å². The second-order valence-corrected chi connectivity index (χ2v) is 4.54. The summed E-state index contributed by atoms with van der Waals surface area (Å²) in [4.78, 5) is 12.2. The second-order valence-electron chi connectivity index (χ2n) is 4.54. The highest BCUT2D eigenvalue weighted by Gasteiger charge is 2.16. The monoisotopic (exact) mass is 288 g/mol. The molecule has 2 aromatic rings. The first-order valence-corrected chi connectivity index (χ1v) is 6.79.